The molecule has 0 radical (unpaired) electrons. The summed E-state index contributed by atoms with van der Waals surface area (Å²) in [7, 11) is 0. The van der Waals surface area contributed by atoms with Crippen molar-refractivity contribution in [2.75, 3.05) is 0 Å². The first-order chi connectivity index (χ1) is 3.39. The number of hydrogen-bond donors (Lipinski definition) is 0. The van der Waals surface area contributed by atoms with Crippen LogP contribution in [0.4, 0.5) is 0 Å². The second-order valence-corrected chi connectivity index (χ2v) is 2.21. The zero-order valence-electron chi connectivity index (χ0n) is 4.47. The van der Waals surface area contributed by atoms with Crippen molar-refractivity contribution < 1.29 is 19.5 Å². The van der Waals surface area contributed by atoms with E-state index in [2.05, 4.69) is 15.9 Å². The van der Waals surface area contributed by atoms with Gasteiger partial charge in [0.1, 0.15) is 0 Å². The number of halogens is 1. The summed E-state index contributed by atoms with van der Waals surface area (Å²) in [5, 5.41) is 0. The van der Waals surface area contributed by atoms with Gasteiger partial charge in [0.2, 0.25) is 0 Å². The van der Waals surface area contributed by atoms with Crippen molar-refractivity contribution in [2.24, 2.45) is 0 Å². The zero-order chi connectivity index (χ0) is 5.11. The second kappa shape index (κ2) is 4.23. The van der Waals surface area contributed by atoms with Crippen LogP contribution in [-0.4, -0.2) is 0 Å². The molecule has 0 nitrogen and oxygen atoms in total. The number of hydrogen-bond acceptors (Lipinski definition) is 0. The molecule has 0 aliphatic carbocycles. The van der Waals surface area contributed by atoms with E-state index in [1.54, 1.807) is 0 Å². The number of rotatable bonds is 0. The van der Waals surface area contributed by atoms with E-state index in [1.165, 1.54) is 0 Å². The van der Waals surface area contributed by atoms with Crippen molar-refractivity contribution in [3.05, 3.63) is 34.8 Å². The molecule has 0 spiro atoms. The van der Waals surface area contributed by atoms with E-state index in [1.807, 2.05) is 30.3 Å². The van der Waals surface area contributed by atoms with Crippen molar-refractivity contribution in [3.63, 3.8) is 0 Å². The summed E-state index contributed by atoms with van der Waals surface area (Å²) in [4.78, 5) is 0. The Bertz CT molecular complexity index is 138. The minimum atomic E-state index is 0. The molecule has 0 atom stereocenters. The van der Waals surface area contributed by atoms with Gasteiger partial charge in [-0.3, -0.25) is 0 Å². The van der Waals surface area contributed by atoms with Gasteiger partial charge < -0.3 is 0 Å². The fourth-order valence-corrected chi connectivity index (χ4v) is 0.720. The Balaban J connectivity index is 0.000000490. The molecular formula is C6H5BrZn. The third kappa shape index (κ3) is 2.59. The molecule has 0 bridgehead atoms. The molecule has 1 aromatic carbocycles. The van der Waals surface area contributed by atoms with Gasteiger partial charge in [-0.25, -0.2) is 0 Å². The molecule has 0 aliphatic heterocycles. The summed E-state index contributed by atoms with van der Waals surface area (Å²) >= 11 is 3.31. The Labute approximate surface area is 70.2 Å². The van der Waals surface area contributed by atoms with Crippen molar-refractivity contribution in [3.8, 4) is 0 Å². The summed E-state index contributed by atoms with van der Waals surface area (Å²) in [5.41, 5.74) is 0. The molecule has 0 unspecified atom stereocenters. The van der Waals surface area contributed by atoms with Crippen LogP contribution in [-0.2, 0) is 19.5 Å². The fraction of sp³-hybridized carbons (Fsp3) is 0. The summed E-state index contributed by atoms with van der Waals surface area (Å²) in [5.74, 6) is 0. The minimum Gasteiger partial charge on any atom is -0.0622 e. The molecule has 38 valence electrons. The Kier molecular flexibility index (Phi) is 4.40. The van der Waals surface area contributed by atoms with E-state index in [-0.39, 0.29) is 19.5 Å². The molecule has 1 aromatic rings. The van der Waals surface area contributed by atoms with Gasteiger partial charge in [0.15, 0.2) is 0 Å². The molecule has 0 fully saturated rings. The van der Waals surface area contributed by atoms with Gasteiger partial charge >= 0.3 is 0 Å². The van der Waals surface area contributed by atoms with Gasteiger partial charge in [0, 0.05) is 24.0 Å². The van der Waals surface area contributed by atoms with Crippen LogP contribution in [0.5, 0.6) is 0 Å². The zero-order valence-corrected chi connectivity index (χ0v) is 9.02. The van der Waals surface area contributed by atoms with Crippen LogP contribution in [0, 0.1) is 0 Å². The summed E-state index contributed by atoms with van der Waals surface area (Å²) in [6.45, 7) is 0. The van der Waals surface area contributed by atoms with E-state index in [0.717, 1.165) is 4.47 Å². The van der Waals surface area contributed by atoms with Crippen LogP contribution < -0.4 is 0 Å². The van der Waals surface area contributed by atoms with E-state index in [0.29, 0.717) is 0 Å². The smallest absolute Gasteiger partial charge is 0.0175 e. The van der Waals surface area contributed by atoms with E-state index >= 15 is 0 Å². The molecule has 0 saturated carbocycles. The summed E-state index contributed by atoms with van der Waals surface area (Å²) in [6.07, 6.45) is 0. The van der Waals surface area contributed by atoms with Gasteiger partial charge in [-0.05, 0) is 12.1 Å². The van der Waals surface area contributed by atoms with Gasteiger partial charge in [-0.2, -0.15) is 0 Å². The second-order valence-electron chi connectivity index (χ2n) is 1.30. The predicted octanol–water partition coefficient (Wildman–Crippen LogP) is 2.45. The summed E-state index contributed by atoms with van der Waals surface area (Å²) < 4.78 is 1.13. The molecule has 0 aromatic heterocycles. The van der Waals surface area contributed by atoms with Crippen LogP contribution in [0.3, 0.4) is 0 Å². The van der Waals surface area contributed by atoms with E-state index in [4.69, 9.17) is 0 Å². The first-order valence-electron chi connectivity index (χ1n) is 2.10. The quantitative estimate of drug-likeness (QED) is 0.592. The SMILES string of the molecule is Brc1ccccc1.[Zn]. The fourth-order valence-electron chi connectivity index (χ4n) is 0.415. The van der Waals surface area contributed by atoms with Crippen LogP contribution in [0.15, 0.2) is 34.8 Å². The van der Waals surface area contributed by atoms with Crippen molar-refractivity contribution in [1.29, 1.82) is 0 Å². The molecule has 2 heteroatoms. The first kappa shape index (κ1) is 8.32. The molecule has 0 saturated heterocycles. The Morgan fingerprint density at radius 1 is 1.00 bits per heavy atom. The van der Waals surface area contributed by atoms with Crippen molar-refractivity contribution in [2.45, 2.75) is 0 Å². The Morgan fingerprint density at radius 2 is 1.50 bits per heavy atom. The molecule has 0 N–H and O–H groups in total. The van der Waals surface area contributed by atoms with Crippen LogP contribution >= 0.6 is 15.9 Å². The maximum Gasteiger partial charge on any atom is 0.0175 e. The van der Waals surface area contributed by atoms with Crippen LogP contribution in [0.25, 0.3) is 0 Å². The molecule has 1 rings (SSSR count). The van der Waals surface area contributed by atoms with Crippen LogP contribution in [0.1, 0.15) is 0 Å². The van der Waals surface area contributed by atoms with Crippen molar-refractivity contribution >= 4 is 15.9 Å². The van der Waals surface area contributed by atoms with Gasteiger partial charge in [0.25, 0.3) is 0 Å². The molecule has 8 heavy (non-hydrogen) atoms. The molecular weight excluding hydrogens is 217 g/mol. The van der Waals surface area contributed by atoms with Gasteiger partial charge in [-0.15, -0.1) is 0 Å². The number of benzene rings is 1. The maximum atomic E-state index is 3.31. The Morgan fingerprint density at radius 3 is 1.75 bits per heavy atom. The monoisotopic (exact) mass is 220 g/mol. The maximum absolute atomic E-state index is 3.31. The average molecular weight is 222 g/mol. The third-order valence-corrected chi connectivity index (χ3v) is 1.26. The first-order valence-corrected chi connectivity index (χ1v) is 2.89. The third-order valence-electron chi connectivity index (χ3n) is 0.733. The summed E-state index contributed by atoms with van der Waals surface area (Å²) in [6, 6.07) is 9.97. The van der Waals surface area contributed by atoms with Gasteiger partial charge in [-0.1, -0.05) is 34.1 Å². The van der Waals surface area contributed by atoms with Crippen molar-refractivity contribution in [1.82, 2.24) is 0 Å². The van der Waals surface area contributed by atoms with E-state index < -0.39 is 0 Å². The Hall–Kier alpha value is 0.323. The minimum absolute atomic E-state index is 0. The molecule has 0 aliphatic rings. The van der Waals surface area contributed by atoms with Crippen LogP contribution in [0.2, 0.25) is 0 Å². The molecule has 0 heterocycles. The molecule has 0 amide bonds. The normalized spacial score (nSPS) is 7.62. The average Bonchev–Trinajstić information content (AvgIpc) is 1.69. The standard InChI is InChI=1S/C6H5Br.Zn/c7-6-4-2-1-3-5-6;/h1-5H;. The van der Waals surface area contributed by atoms with Gasteiger partial charge in [0.05, 0.1) is 0 Å². The topological polar surface area (TPSA) is 0 Å². The largest absolute Gasteiger partial charge is 0.0622 e. The predicted molar refractivity (Wildman–Crippen MR) is 34.1 cm³/mol. The van der Waals surface area contributed by atoms with E-state index in [9.17, 15) is 0 Å².